The van der Waals surface area contributed by atoms with Crippen molar-refractivity contribution in [1.82, 2.24) is 15.3 Å². The number of nitrogens with zero attached hydrogens (tertiary/aromatic N) is 2. The Morgan fingerprint density at radius 1 is 1.36 bits per heavy atom. The van der Waals surface area contributed by atoms with E-state index in [1.54, 1.807) is 11.8 Å². The summed E-state index contributed by atoms with van der Waals surface area (Å²) in [5.74, 6) is 0. The third kappa shape index (κ3) is 2.45. The van der Waals surface area contributed by atoms with E-state index in [1.807, 2.05) is 19.9 Å². The molecule has 1 unspecified atom stereocenters. The van der Waals surface area contributed by atoms with Crippen LogP contribution in [-0.2, 0) is 0 Å². The highest BCUT2D eigenvalue weighted by molar-refractivity contribution is 7.99. The van der Waals surface area contributed by atoms with Crippen molar-refractivity contribution in [3.63, 3.8) is 0 Å². The maximum atomic E-state index is 4.42. The lowest BCUT2D eigenvalue weighted by molar-refractivity contribution is 0.856. The highest BCUT2D eigenvalue weighted by Crippen LogP contribution is 2.24. The first-order valence-electron chi connectivity index (χ1n) is 4.94. The summed E-state index contributed by atoms with van der Waals surface area (Å²) in [6.07, 6.45) is 1.22. The van der Waals surface area contributed by atoms with E-state index >= 15 is 0 Å². The molecule has 0 bridgehead atoms. The molecule has 0 radical (unpaired) electrons. The molecule has 14 heavy (non-hydrogen) atoms. The van der Waals surface area contributed by atoms with E-state index < -0.39 is 0 Å². The highest BCUT2D eigenvalue weighted by atomic mass is 32.2. The summed E-state index contributed by atoms with van der Waals surface area (Å²) in [7, 11) is 0. The SMILES string of the molecule is Cc1cc(C)nc(SC2CCNC2)n1. The predicted molar refractivity (Wildman–Crippen MR) is 58.6 cm³/mol. The average molecular weight is 209 g/mol. The fourth-order valence-corrected chi connectivity index (χ4v) is 2.75. The summed E-state index contributed by atoms with van der Waals surface area (Å²) in [6, 6.07) is 2.01. The lowest BCUT2D eigenvalue weighted by Crippen LogP contribution is -2.10. The Morgan fingerprint density at radius 3 is 2.64 bits per heavy atom. The largest absolute Gasteiger partial charge is 0.316 e. The van der Waals surface area contributed by atoms with Gasteiger partial charge in [0, 0.05) is 23.2 Å². The van der Waals surface area contributed by atoms with Crippen molar-refractivity contribution in [2.75, 3.05) is 13.1 Å². The second-order valence-electron chi connectivity index (χ2n) is 3.67. The maximum Gasteiger partial charge on any atom is 0.188 e. The van der Waals surface area contributed by atoms with Crippen LogP contribution in [-0.4, -0.2) is 28.3 Å². The van der Waals surface area contributed by atoms with Crippen LogP contribution in [0.3, 0.4) is 0 Å². The Morgan fingerprint density at radius 2 is 2.07 bits per heavy atom. The molecule has 0 saturated carbocycles. The maximum absolute atomic E-state index is 4.42. The predicted octanol–water partition coefficient (Wildman–Crippen LogP) is 1.55. The quantitative estimate of drug-likeness (QED) is 0.750. The number of aryl methyl sites for hydroxylation is 2. The molecule has 76 valence electrons. The minimum atomic E-state index is 0.649. The first-order chi connectivity index (χ1) is 6.74. The second-order valence-corrected chi connectivity index (χ2v) is 4.93. The lowest BCUT2D eigenvalue weighted by atomic mass is 10.4. The van der Waals surface area contributed by atoms with Crippen LogP contribution in [0.25, 0.3) is 0 Å². The van der Waals surface area contributed by atoms with Crippen LogP contribution < -0.4 is 5.32 Å². The van der Waals surface area contributed by atoms with Crippen molar-refractivity contribution >= 4 is 11.8 Å². The third-order valence-electron chi connectivity index (χ3n) is 2.25. The molecule has 1 atom stereocenters. The van der Waals surface area contributed by atoms with E-state index in [4.69, 9.17) is 0 Å². The zero-order valence-corrected chi connectivity index (χ0v) is 9.40. The second kappa shape index (κ2) is 4.28. The summed E-state index contributed by atoms with van der Waals surface area (Å²) >= 11 is 1.79. The number of hydrogen-bond donors (Lipinski definition) is 1. The number of nitrogens with one attached hydrogen (secondary N) is 1. The molecule has 1 aliphatic heterocycles. The zero-order chi connectivity index (χ0) is 9.97. The van der Waals surface area contributed by atoms with Crippen molar-refractivity contribution in [3.8, 4) is 0 Å². The van der Waals surface area contributed by atoms with Gasteiger partial charge in [-0.15, -0.1) is 0 Å². The van der Waals surface area contributed by atoms with E-state index in [2.05, 4.69) is 15.3 Å². The number of aromatic nitrogens is 2. The molecule has 0 amide bonds. The van der Waals surface area contributed by atoms with Gasteiger partial charge in [0.05, 0.1) is 0 Å². The van der Waals surface area contributed by atoms with Gasteiger partial charge in [-0.3, -0.25) is 0 Å². The van der Waals surface area contributed by atoms with Crippen LogP contribution in [0.5, 0.6) is 0 Å². The minimum absolute atomic E-state index is 0.649. The molecule has 1 aliphatic rings. The molecule has 2 heterocycles. The van der Waals surface area contributed by atoms with Crippen molar-refractivity contribution in [2.45, 2.75) is 30.7 Å². The van der Waals surface area contributed by atoms with E-state index in [1.165, 1.54) is 6.42 Å². The molecule has 1 saturated heterocycles. The Balaban J connectivity index is 2.07. The topological polar surface area (TPSA) is 37.8 Å². The van der Waals surface area contributed by atoms with Crippen molar-refractivity contribution in [1.29, 1.82) is 0 Å². The van der Waals surface area contributed by atoms with E-state index in [0.29, 0.717) is 5.25 Å². The summed E-state index contributed by atoms with van der Waals surface area (Å²) in [5.41, 5.74) is 2.12. The first-order valence-corrected chi connectivity index (χ1v) is 5.81. The fraction of sp³-hybridized carbons (Fsp3) is 0.600. The molecule has 1 aromatic heterocycles. The van der Waals surface area contributed by atoms with Crippen molar-refractivity contribution < 1.29 is 0 Å². The van der Waals surface area contributed by atoms with Crippen LogP contribution in [0.2, 0.25) is 0 Å². The molecular weight excluding hydrogens is 194 g/mol. The summed E-state index contributed by atoms with van der Waals surface area (Å²) in [6.45, 7) is 6.25. The molecule has 3 nitrogen and oxygen atoms in total. The Kier molecular flexibility index (Phi) is 3.03. The van der Waals surface area contributed by atoms with Crippen molar-refractivity contribution in [3.05, 3.63) is 17.5 Å². The van der Waals surface area contributed by atoms with E-state index in [-0.39, 0.29) is 0 Å². The molecule has 0 spiro atoms. The summed E-state index contributed by atoms with van der Waals surface area (Å²) in [4.78, 5) is 8.84. The van der Waals surface area contributed by atoms with Gasteiger partial charge in [0.25, 0.3) is 0 Å². The number of thioether (sulfide) groups is 1. The summed E-state index contributed by atoms with van der Waals surface area (Å²) < 4.78 is 0. The van der Waals surface area contributed by atoms with Gasteiger partial charge >= 0.3 is 0 Å². The molecule has 0 aromatic carbocycles. The normalized spacial score (nSPS) is 21.4. The molecule has 4 heteroatoms. The van der Waals surface area contributed by atoms with Gasteiger partial charge in [-0.05, 0) is 32.9 Å². The fourth-order valence-electron chi connectivity index (χ4n) is 1.62. The van der Waals surface area contributed by atoms with Crippen LogP contribution in [0.4, 0.5) is 0 Å². The Bertz CT molecular complexity index is 301. The van der Waals surface area contributed by atoms with Crippen LogP contribution >= 0.6 is 11.8 Å². The summed E-state index contributed by atoms with van der Waals surface area (Å²) in [5, 5.41) is 4.92. The van der Waals surface area contributed by atoms with Crippen LogP contribution in [0.1, 0.15) is 17.8 Å². The van der Waals surface area contributed by atoms with Gasteiger partial charge in [-0.1, -0.05) is 11.8 Å². The molecule has 1 N–H and O–H groups in total. The molecule has 0 aliphatic carbocycles. The van der Waals surface area contributed by atoms with Gasteiger partial charge < -0.3 is 5.32 Å². The van der Waals surface area contributed by atoms with Crippen LogP contribution in [0.15, 0.2) is 11.2 Å². The highest BCUT2D eigenvalue weighted by Gasteiger charge is 2.17. The number of hydrogen-bond acceptors (Lipinski definition) is 4. The average Bonchev–Trinajstić information content (AvgIpc) is 2.54. The molecule has 2 rings (SSSR count). The smallest absolute Gasteiger partial charge is 0.188 e. The first kappa shape index (κ1) is 9.93. The Hall–Kier alpha value is -0.610. The van der Waals surface area contributed by atoms with Crippen LogP contribution in [0, 0.1) is 13.8 Å². The van der Waals surface area contributed by atoms with Gasteiger partial charge in [0.2, 0.25) is 0 Å². The molecular formula is C10H15N3S. The minimum Gasteiger partial charge on any atom is -0.316 e. The van der Waals surface area contributed by atoms with Crippen molar-refractivity contribution in [2.24, 2.45) is 0 Å². The zero-order valence-electron chi connectivity index (χ0n) is 8.58. The molecule has 1 fully saturated rings. The van der Waals surface area contributed by atoms with Gasteiger partial charge in [0.1, 0.15) is 0 Å². The molecule has 1 aromatic rings. The van der Waals surface area contributed by atoms with E-state index in [9.17, 15) is 0 Å². The van der Waals surface area contributed by atoms with Gasteiger partial charge in [-0.25, -0.2) is 9.97 Å². The van der Waals surface area contributed by atoms with E-state index in [0.717, 1.165) is 29.6 Å². The Labute approximate surface area is 88.7 Å². The third-order valence-corrected chi connectivity index (χ3v) is 3.38. The lowest BCUT2D eigenvalue weighted by Gasteiger charge is -2.07. The van der Waals surface area contributed by atoms with Gasteiger partial charge in [-0.2, -0.15) is 0 Å². The standard InChI is InChI=1S/C10H15N3S/c1-7-5-8(2)13-10(12-7)14-9-3-4-11-6-9/h5,9,11H,3-4,6H2,1-2H3. The number of rotatable bonds is 2. The van der Waals surface area contributed by atoms with Gasteiger partial charge in [0.15, 0.2) is 5.16 Å². The monoisotopic (exact) mass is 209 g/mol.